The van der Waals surface area contributed by atoms with Crippen molar-refractivity contribution in [1.29, 1.82) is 0 Å². The molecule has 0 bridgehead atoms. The quantitative estimate of drug-likeness (QED) is 0.820. The van der Waals surface area contributed by atoms with E-state index >= 15 is 0 Å². The zero-order valence-electron chi connectivity index (χ0n) is 15.9. The summed E-state index contributed by atoms with van der Waals surface area (Å²) in [6.45, 7) is 6.16. The van der Waals surface area contributed by atoms with Crippen molar-refractivity contribution in [3.05, 3.63) is 54.1 Å². The van der Waals surface area contributed by atoms with Crippen molar-refractivity contribution in [2.75, 3.05) is 34.8 Å². The van der Waals surface area contributed by atoms with Crippen LogP contribution in [0.1, 0.15) is 20.3 Å². The fourth-order valence-corrected chi connectivity index (χ4v) is 3.39. The van der Waals surface area contributed by atoms with Crippen LogP contribution in [0.15, 0.2) is 42.5 Å². The molecule has 148 valence electrons. The fourth-order valence-electron chi connectivity index (χ4n) is 3.39. The average Bonchev–Trinajstić information content (AvgIpc) is 3.07. The molecule has 5 nitrogen and oxygen atoms in total. The van der Waals surface area contributed by atoms with E-state index in [1.165, 1.54) is 6.07 Å². The smallest absolute Gasteiger partial charge is 0.229 e. The molecule has 1 unspecified atom stereocenters. The number of nitrogens with zero attached hydrogens (tertiary/aromatic N) is 2. The van der Waals surface area contributed by atoms with Gasteiger partial charge in [-0.3, -0.25) is 9.59 Å². The summed E-state index contributed by atoms with van der Waals surface area (Å²) in [5.74, 6) is -2.77. The maximum Gasteiger partial charge on any atom is 0.229 e. The summed E-state index contributed by atoms with van der Waals surface area (Å²) in [4.78, 5) is 28.6. The monoisotopic (exact) mass is 387 g/mol. The van der Waals surface area contributed by atoms with E-state index in [2.05, 4.69) is 24.1 Å². The van der Waals surface area contributed by atoms with Gasteiger partial charge in [0.25, 0.3) is 0 Å². The van der Waals surface area contributed by atoms with Crippen LogP contribution in [0.4, 0.5) is 25.8 Å². The molecule has 0 aliphatic carbocycles. The molecule has 1 saturated heterocycles. The molecule has 1 heterocycles. The minimum Gasteiger partial charge on any atom is -0.372 e. The Morgan fingerprint density at radius 1 is 1.14 bits per heavy atom. The molecule has 2 aromatic carbocycles. The van der Waals surface area contributed by atoms with Crippen LogP contribution in [0.3, 0.4) is 0 Å². The summed E-state index contributed by atoms with van der Waals surface area (Å²) >= 11 is 0. The summed E-state index contributed by atoms with van der Waals surface area (Å²) in [6, 6.07) is 10.6. The van der Waals surface area contributed by atoms with Crippen molar-refractivity contribution in [3.63, 3.8) is 0 Å². The first-order valence-electron chi connectivity index (χ1n) is 9.34. The van der Waals surface area contributed by atoms with Gasteiger partial charge >= 0.3 is 0 Å². The third kappa shape index (κ3) is 4.13. The highest BCUT2D eigenvalue weighted by atomic mass is 19.1. The minimum absolute atomic E-state index is 0.0481. The van der Waals surface area contributed by atoms with Crippen molar-refractivity contribution < 1.29 is 18.4 Å². The van der Waals surface area contributed by atoms with Crippen LogP contribution >= 0.6 is 0 Å². The number of nitrogens with one attached hydrogen (secondary N) is 1. The molecule has 0 spiro atoms. The van der Waals surface area contributed by atoms with Gasteiger partial charge in [-0.05, 0) is 50.2 Å². The van der Waals surface area contributed by atoms with Gasteiger partial charge in [-0.15, -0.1) is 0 Å². The van der Waals surface area contributed by atoms with Gasteiger partial charge in [-0.25, -0.2) is 8.78 Å². The van der Waals surface area contributed by atoms with Crippen molar-refractivity contribution >= 4 is 28.9 Å². The van der Waals surface area contributed by atoms with Crippen molar-refractivity contribution in [1.82, 2.24) is 0 Å². The topological polar surface area (TPSA) is 52.6 Å². The molecule has 0 radical (unpaired) electrons. The average molecular weight is 387 g/mol. The molecule has 1 fully saturated rings. The standard InChI is InChI=1S/C21H23F2N3O2/c1-3-25(4-2)16-6-8-17(9-7-16)26-13-14(11-20(26)27)21(28)24-19-10-5-15(22)12-18(19)23/h5-10,12,14H,3-4,11,13H2,1-2H3,(H,24,28). The second-order valence-corrected chi connectivity index (χ2v) is 6.71. The molecule has 2 amide bonds. The number of hydrogen-bond acceptors (Lipinski definition) is 3. The van der Waals surface area contributed by atoms with Crippen LogP contribution in [-0.4, -0.2) is 31.4 Å². The SMILES string of the molecule is CCN(CC)c1ccc(N2CC(C(=O)Nc3ccc(F)cc3F)CC2=O)cc1. The Morgan fingerprint density at radius 3 is 2.43 bits per heavy atom. The Balaban J connectivity index is 1.68. The third-order valence-electron chi connectivity index (χ3n) is 4.97. The van der Waals surface area contributed by atoms with Crippen LogP contribution in [0.25, 0.3) is 0 Å². The van der Waals surface area contributed by atoms with Gasteiger partial charge in [0, 0.05) is 43.5 Å². The van der Waals surface area contributed by atoms with E-state index in [4.69, 9.17) is 0 Å². The van der Waals surface area contributed by atoms with Gasteiger partial charge in [-0.2, -0.15) is 0 Å². The van der Waals surface area contributed by atoms with E-state index < -0.39 is 23.5 Å². The Labute approximate surface area is 162 Å². The maximum atomic E-state index is 13.7. The first kappa shape index (κ1) is 19.8. The first-order chi connectivity index (χ1) is 13.4. The minimum atomic E-state index is -0.846. The highest BCUT2D eigenvalue weighted by Gasteiger charge is 2.35. The van der Waals surface area contributed by atoms with Crippen molar-refractivity contribution in [3.8, 4) is 0 Å². The number of carbonyl (C=O) groups is 2. The van der Waals surface area contributed by atoms with Crippen LogP contribution in [-0.2, 0) is 9.59 Å². The van der Waals surface area contributed by atoms with Gasteiger partial charge in [-0.1, -0.05) is 0 Å². The van der Waals surface area contributed by atoms with Gasteiger partial charge in [0.15, 0.2) is 0 Å². The normalized spacial score (nSPS) is 16.4. The number of carbonyl (C=O) groups excluding carboxylic acids is 2. The van der Waals surface area contributed by atoms with E-state index in [0.717, 1.165) is 30.5 Å². The largest absolute Gasteiger partial charge is 0.372 e. The lowest BCUT2D eigenvalue weighted by Gasteiger charge is -2.22. The summed E-state index contributed by atoms with van der Waals surface area (Å²) < 4.78 is 26.7. The number of halogens is 2. The van der Waals surface area contributed by atoms with E-state index in [1.54, 1.807) is 4.90 Å². The first-order valence-corrected chi connectivity index (χ1v) is 9.34. The van der Waals surface area contributed by atoms with Gasteiger partial charge in [0.05, 0.1) is 11.6 Å². The summed E-state index contributed by atoms with van der Waals surface area (Å²) in [5.41, 5.74) is 1.70. The number of rotatable bonds is 6. The lowest BCUT2D eigenvalue weighted by Crippen LogP contribution is -2.28. The number of anilines is 3. The molecule has 0 saturated carbocycles. The second-order valence-electron chi connectivity index (χ2n) is 6.71. The zero-order chi connectivity index (χ0) is 20.3. The zero-order valence-corrected chi connectivity index (χ0v) is 15.9. The Hall–Kier alpha value is -2.96. The van der Waals surface area contributed by atoms with Crippen LogP contribution in [0.2, 0.25) is 0 Å². The second kappa shape index (κ2) is 8.37. The van der Waals surface area contributed by atoms with E-state index in [0.29, 0.717) is 6.07 Å². The van der Waals surface area contributed by atoms with Crippen molar-refractivity contribution in [2.24, 2.45) is 5.92 Å². The van der Waals surface area contributed by atoms with Gasteiger partial charge in [0.1, 0.15) is 11.6 Å². The van der Waals surface area contributed by atoms with Crippen LogP contribution in [0.5, 0.6) is 0 Å². The van der Waals surface area contributed by atoms with Gasteiger partial charge < -0.3 is 15.1 Å². The van der Waals surface area contributed by atoms with Gasteiger partial charge in [0.2, 0.25) is 11.8 Å². The van der Waals surface area contributed by atoms with E-state index in [-0.39, 0.29) is 24.6 Å². The highest BCUT2D eigenvalue weighted by Crippen LogP contribution is 2.28. The molecule has 1 atom stereocenters. The van der Waals surface area contributed by atoms with E-state index in [9.17, 15) is 18.4 Å². The molecule has 2 aromatic rings. The summed E-state index contributed by atoms with van der Waals surface area (Å²) in [6.07, 6.45) is 0.0481. The molecule has 1 aliphatic rings. The third-order valence-corrected chi connectivity index (χ3v) is 4.97. The molecule has 3 rings (SSSR count). The molecule has 0 aromatic heterocycles. The Bertz CT molecular complexity index is 866. The Morgan fingerprint density at radius 2 is 1.82 bits per heavy atom. The molecule has 1 N–H and O–H groups in total. The summed E-state index contributed by atoms with van der Waals surface area (Å²) in [7, 11) is 0. The fraction of sp³-hybridized carbons (Fsp3) is 0.333. The van der Waals surface area contributed by atoms with Crippen LogP contribution < -0.4 is 15.1 Å². The molecule has 28 heavy (non-hydrogen) atoms. The predicted octanol–water partition coefficient (Wildman–Crippen LogP) is 3.80. The predicted molar refractivity (Wildman–Crippen MR) is 105 cm³/mol. The highest BCUT2D eigenvalue weighted by molar-refractivity contribution is 6.03. The van der Waals surface area contributed by atoms with Crippen LogP contribution in [0, 0.1) is 17.6 Å². The van der Waals surface area contributed by atoms with Crippen molar-refractivity contribution in [2.45, 2.75) is 20.3 Å². The number of hydrogen-bond donors (Lipinski definition) is 1. The Kier molecular flexibility index (Phi) is 5.92. The number of amides is 2. The molecule has 1 aliphatic heterocycles. The number of benzene rings is 2. The molecular weight excluding hydrogens is 364 g/mol. The molecular formula is C21H23F2N3O2. The van der Waals surface area contributed by atoms with E-state index in [1.807, 2.05) is 24.3 Å². The maximum absolute atomic E-state index is 13.7. The molecule has 7 heteroatoms. The lowest BCUT2D eigenvalue weighted by atomic mass is 10.1. The lowest BCUT2D eigenvalue weighted by molar-refractivity contribution is -0.122. The summed E-state index contributed by atoms with van der Waals surface area (Å²) in [5, 5.41) is 2.45.